The molecule has 43 heavy (non-hydrogen) atoms. The average molecular weight is 583 g/mol. The second kappa shape index (κ2) is 11.2. The number of fused-ring (bicyclic) bond motifs is 3. The lowest BCUT2D eigenvalue weighted by Crippen LogP contribution is -2.46. The van der Waals surface area contributed by atoms with Gasteiger partial charge in [0.05, 0.1) is 10.9 Å². The number of aromatic nitrogens is 1. The number of rotatable bonds is 6. The molecule has 220 valence electrons. The molecule has 1 amide bonds. The molecule has 0 spiro atoms. The van der Waals surface area contributed by atoms with Crippen molar-refractivity contribution in [2.75, 3.05) is 13.2 Å². The van der Waals surface area contributed by atoms with E-state index in [9.17, 15) is 14.4 Å². The van der Waals surface area contributed by atoms with Crippen LogP contribution in [0.4, 0.5) is 4.79 Å². The molecule has 0 unspecified atom stereocenters. The first-order valence-corrected chi connectivity index (χ1v) is 13.9. The number of ether oxygens (including phenoxy) is 4. The summed E-state index contributed by atoms with van der Waals surface area (Å²) in [6.45, 7) is 6.11. The summed E-state index contributed by atoms with van der Waals surface area (Å²) in [5, 5.41) is 3.89. The molecule has 0 saturated carbocycles. The minimum Gasteiger partial charge on any atom is -0.486 e. The maximum Gasteiger partial charge on any atom is 0.408 e. The normalized spacial score (nSPS) is 13.5. The van der Waals surface area contributed by atoms with Crippen molar-refractivity contribution in [3.05, 3.63) is 88.9 Å². The van der Waals surface area contributed by atoms with E-state index < -0.39 is 23.7 Å². The highest BCUT2D eigenvalue weighted by molar-refractivity contribution is 5.88. The van der Waals surface area contributed by atoms with Crippen LogP contribution in [-0.4, -0.2) is 41.9 Å². The first kappa shape index (κ1) is 27.9. The lowest BCUT2D eigenvalue weighted by atomic mass is 10.0. The Labute approximate surface area is 246 Å². The lowest BCUT2D eigenvalue weighted by molar-refractivity contribution is -0.136. The third-order valence-electron chi connectivity index (χ3n) is 6.89. The van der Waals surface area contributed by atoms with Gasteiger partial charge in [0.25, 0.3) is 0 Å². The Bertz CT molecular complexity index is 1900. The maximum absolute atomic E-state index is 13.4. The molecular formula is C33H30N2O8. The van der Waals surface area contributed by atoms with Gasteiger partial charge in [-0.05, 0) is 62.2 Å². The first-order valence-electron chi connectivity index (χ1n) is 13.9. The molecule has 1 atom stereocenters. The number of hydrogen-bond acceptors (Lipinski definition) is 8. The van der Waals surface area contributed by atoms with Gasteiger partial charge in [-0.3, -0.25) is 4.79 Å². The van der Waals surface area contributed by atoms with Crippen molar-refractivity contribution < 1.29 is 33.0 Å². The summed E-state index contributed by atoms with van der Waals surface area (Å²) in [7, 11) is 0. The van der Waals surface area contributed by atoms with Crippen LogP contribution < -0.4 is 25.0 Å². The monoisotopic (exact) mass is 582 g/mol. The number of amides is 1. The van der Waals surface area contributed by atoms with Crippen molar-refractivity contribution in [2.24, 2.45) is 0 Å². The standard InChI is InChI=1S/C33H30N2O8/c1-33(2,3)43-32(38)35-26(14-20-17-34-25-7-5-4-6-22(20)25)31(37)42-21-9-10-23-28(16-21)41-18-24(30(23)36)19-8-11-27-29(15-19)40-13-12-39-27/h4-11,15-18,26,34H,12-14H2,1-3H3,(H,35,38)/t26-/m1/s1. The Balaban J connectivity index is 1.25. The summed E-state index contributed by atoms with van der Waals surface area (Å²) in [6, 6.07) is 16.4. The summed E-state index contributed by atoms with van der Waals surface area (Å²) in [5.74, 6) is 0.636. The summed E-state index contributed by atoms with van der Waals surface area (Å²) in [5.41, 5.74) is 1.95. The highest BCUT2D eigenvalue weighted by Crippen LogP contribution is 2.34. The van der Waals surface area contributed by atoms with E-state index >= 15 is 0 Å². The van der Waals surface area contributed by atoms with E-state index in [-0.39, 0.29) is 23.2 Å². The van der Waals surface area contributed by atoms with Gasteiger partial charge < -0.3 is 33.7 Å². The molecule has 3 aromatic carbocycles. The van der Waals surface area contributed by atoms with Crippen LogP contribution in [0.25, 0.3) is 33.0 Å². The Hall–Kier alpha value is -5.25. The van der Waals surface area contributed by atoms with Crippen LogP contribution >= 0.6 is 0 Å². The number of alkyl carbamates (subject to hydrolysis) is 1. The number of nitrogens with one attached hydrogen (secondary N) is 2. The Morgan fingerprint density at radius 1 is 0.977 bits per heavy atom. The Morgan fingerprint density at radius 3 is 2.58 bits per heavy atom. The molecule has 6 rings (SSSR count). The summed E-state index contributed by atoms with van der Waals surface area (Å²) < 4.78 is 28.1. The smallest absolute Gasteiger partial charge is 0.408 e. The zero-order chi connectivity index (χ0) is 30.1. The molecule has 10 heteroatoms. The molecule has 10 nitrogen and oxygen atoms in total. The number of hydrogen-bond donors (Lipinski definition) is 2. The number of carbonyl (C=O) groups excluding carboxylic acids is 2. The van der Waals surface area contributed by atoms with E-state index in [1.54, 1.807) is 51.2 Å². The van der Waals surface area contributed by atoms with E-state index in [0.717, 1.165) is 16.5 Å². The molecule has 0 bridgehead atoms. The number of esters is 1. The van der Waals surface area contributed by atoms with E-state index in [1.807, 2.05) is 24.3 Å². The predicted octanol–water partition coefficient (Wildman–Crippen LogP) is 5.75. The fourth-order valence-corrected chi connectivity index (χ4v) is 4.93. The second-order valence-electron chi connectivity index (χ2n) is 11.2. The average Bonchev–Trinajstić information content (AvgIpc) is 3.38. The third kappa shape index (κ3) is 6.04. The quantitative estimate of drug-likeness (QED) is 0.191. The molecule has 0 aliphatic carbocycles. The van der Waals surface area contributed by atoms with Crippen molar-refractivity contribution in [3.8, 4) is 28.4 Å². The first-order chi connectivity index (χ1) is 20.6. The van der Waals surface area contributed by atoms with Gasteiger partial charge in [0.15, 0.2) is 16.9 Å². The van der Waals surface area contributed by atoms with Crippen LogP contribution in [0.3, 0.4) is 0 Å². The van der Waals surface area contributed by atoms with Crippen molar-refractivity contribution >= 4 is 33.9 Å². The van der Waals surface area contributed by atoms with E-state index in [0.29, 0.717) is 41.2 Å². The van der Waals surface area contributed by atoms with Crippen LogP contribution in [0.5, 0.6) is 17.2 Å². The molecule has 3 heterocycles. The fourth-order valence-electron chi connectivity index (χ4n) is 4.93. The Morgan fingerprint density at radius 2 is 1.77 bits per heavy atom. The van der Waals surface area contributed by atoms with Gasteiger partial charge in [-0.15, -0.1) is 0 Å². The predicted molar refractivity (Wildman–Crippen MR) is 160 cm³/mol. The number of para-hydroxylation sites is 1. The molecule has 2 aromatic heterocycles. The highest BCUT2D eigenvalue weighted by atomic mass is 16.6. The van der Waals surface area contributed by atoms with Crippen LogP contribution in [0, 0.1) is 0 Å². The van der Waals surface area contributed by atoms with Gasteiger partial charge in [-0.2, -0.15) is 0 Å². The van der Waals surface area contributed by atoms with E-state index in [2.05, 4.69) is 10.3 Å². The van der Waals surface area contributed by atoms with E-state index in [1.165, 1.54) is 18.4 Å². The molecule has 0 saturated heterocycles. The minimum atomic E-state index is -1.06. The minimum absolute atomic E-state index is 0.155. The molecule has 2 N–H and O–H groups in total. The maximum atomic E-state index is 13.4. The summed E-state index contributed by atoms with van der Waals surface area (Å²) in [6.07, 6.45) is 2.58. The van der Waals surface area contributed by atoms with Gasteiger partial charge in [-0.25, -0.2) is 9.59 Å². The molecule has 1 aliphatic rings. The third-order valence-corrected chi connectivity index (χ3v) is 6.89. The molecule has 0 radical (unpaired) electrons. The number of H-pyrrole nitrogens is 1. The Kier molecular flexibility index (Phi) is 7.27. The molecule has 0 fully saturated rings. The van der Waals surface area contributed by atoms with Crippen LogP contribution in [-0.2, 0) is 16.0 Å². The summed E-state index contributed by atoms with van der Waals surface area (Å²) in [4.78, 5) is 42.6. The molecule has 1 aliphatic heterocycles. The van der Waals surface area contributed by atoms with Gasteiger partial charge in [0.1, 0.15) is 42.5 Å². The largest absolute Gasteiger partial charge is 0.486 e. The molecule has 5 aromatic rings. The van der Waals surface area contributed by atoms with E-state index in [4.69, 9.17) is 23.4 Å². The topological polar surface area (TPSA) is 129 Å². The zero-order valence-corrected chi connectivity index (χ0v) is 23.9. The van der Waals surface area contributed by atoms with Gasteiger partial charge in [0, 0.05) is 29.6 Å². The second-order valence-corrected chi connectivity index (χ2v) is 11.2. The van der Waals surface area contributed by atoms with Gasteiger partial charge >= 0.3 is 12.1 Å². The van der Waals surface area contributed by atoms with Crippen LogP contribution in [0.15, 0.2) is 82.3 Å². The highest BCUT2D eigenvalue weighted by Gasteiger charge is 2.27. The fraction of sp³-hybridized carbons (Fsp3) is 0.242. The SMILES string of the molecule is CC(C)(C)OC(=O)N[C@H](Cc1c[nH]c2ccccc12)C(=O)Oc1ccc2c(=O)c(-c3ccc4c(c3)OCCO4)coc2c1. The zero-order valence-electron chi connectivity index (χ0n) is 23.9. The van der Waals surface area contributed by atoms with Gasteiger partial charge in [0.2, 0.25) is 0 Å². The van der Waals surface area contributed by atoms with Crippen molar-refractivity contribution in [1.82, 2.24) is 10.3 Å². The summed E-state index contributed by atoms with van der Waals surface area (Å²) >= 11 is 0. The van der Waals surface area contributed by atoms with Crippen LogP contribution in [0.2, 0.25) is 0 Å². The van der Waals surface area contributed by atoms with Crippen molar-refractivity contribution in [3.63, 3.8) is 0 Å². The number of carbonyl (C=O) groups is 2. The number of benzene rings is 3. The molecular weight excluding hydrogens is 552 g/mol. The van der Waals surface area contributed by atoms with Crippen molar-refractivity contribution in [1.29, 1.82) is 0 Å². The van der Waals surface area contributed by atoms with Gasteiger partial charge in [-0.1, -0.05) is 24.3 Å². The van der Waals surface area contributed by atoms with Crippen LogP contribution in [0.1, 0.15) is 26.3 Å². The number of aromatic amines is 1. The van der Waals surface area contributed by atoms with Crippen molar-refractivity contribution in [2.45, 2.75) is 38.8 Å². The lowest BCUT2D eigenvalue weighted by Gasteiger charge is -2.23.